The molecule has 0 bridgehead atoms. The summed E-state index contributed by atoms with van der Waals surface area (Å²) in [5.74, 6) is 0.389. The van der Waals surface area contributed by atoms with E-state index in [1.165, 1.54) is 40.6 Å². The molecular formula is C26H28O8. The van der Waals surface area contributed by atoms with E-state index in [9.17, 15) is 15.0 Å². The lowest BCUT2D eigenvalue weighted by Gasteiger charge is -2.26. The molecule has 2 N–H and O–H groups in total. The summed E-state index contributed by atoms with van der Waals surface area (Å²) in [5.41, 5.74) is -0.720. The lowest BCUT2D eigenvalue weighted by Crippen LogP contribution is -2.38. The number of carbonyl (C=O) groups is 1. The Morgan fingerprint density at radius 3 is 1.91 bits per heavy atom. The zero-order valence-electron chi connectivity index (χ0n) is 19.5. The molecule has 8 heteroatoms. The molecule has 1 atom stereocenters. The second-order valence-electron chi connectivity index (χ2n) is 7.52. The van der Waals surface area contributed by atoms with Crippen molar-refractivity contribution in [2.75, 3.05) is 28.4 Å². The summed E-state index contributed by atoms with van der Waals surface area (Å²) in [6.45, 7) is 0.249. The molecule has 0 saturated heterocycles. The lowest BCUT2D eigenvalue weighted by atomic mass is 9.86. The van der Waals surface area contributed by atoms with Gasteiger partial charge in [-0.05, 0) is 41.0 Å². The van der Waals surface area contributed by atoms with Crippen LogP contribution in [-0.4, -0.2) is 44.6 Å². The molecule has 0 saturated carbocycles. The Kier molecular flexibility index (Phi) is 7.86. The van der Waals surface area contributed by atoms with Crippen LogP contribution in [0.1, 0.15) is 16.7 Å². The van der Waals surface area contributed by atoms with Gasteiger partial charge < -0.3 is 33.9 Å². The van der Waals surface area contributed by atoms with Crippen molar-refractivity contribution in [3.05, 3.63) is 77.4 Å². The standard InChI is InChI=1S/C26H28O8/c1-30-20-11-10-19(14-21(20)34-16-17-8-6-5-7-9-17)26(29,25(27)28)15-18-12-22(31-2)24(33-4)23(13-18)32-3/h5-14,29H,15-16H2,1-4H3,(H,27,28). The fourth-order valence-corrected chi connectivity index (χ4v) is 3.62. The number of ether oxygens (including phenoxy) is 5. The summed E-state index contributed by atoms with van der Waals surface area (Å²) in [6.07, 6.45) is -0.260. The topological polar surface area (TPSA) is 104 Å². The first-order chi connectivity index (χ1) is 16.4. The molecule has 0 aliphatic rings. The molecule has 0 radical (unpaired) electrons. The van der Waals surface area contributed by atoms with Crippen molar-refractivity contribution < 1.29 is 38.7 Å². The van der Waals surface area contributed by atoms with Crippen molar-refractivity contribution in [2.45, 2.75) is 18.6 Å². The van der Waals surface area contributed by atoms with E-state index in [4.69, 9.17) is 23.7 Å². The Balaban J connectivity index is 1.98. The van der Waals surface area contributed by atoms with Gasteiger partial charge in [0, 0.05) is 6.42 Å². The number of aliphatic carboxylic acids is 1. The third-order valence-corrected chi connectivity index (χ3v) is 5.42. The minimum Gasteiger partial charge on any atom is -0.493 e. The van der Waals surface area contributed by atoms with Crippen molar-refractivity contribution in [2.24, 2.45) is 0 Å². The molecule has 0 aromatic heterocycles. The molecule has 3 aromatic rings. The van der Waals surface area contributed by atoms with Crippen LogP contribution in [0.3, 0.4) is 0 Å². The maximum Gasteiger partial charge on any atom is 0.340 e. The predicted octanol–water partition coefficient (Wildman–Crippen LogP) is 3.81. The van der Waals surface area contributed by atoms with Crippen LogP contribution in [0.4, 0.5) is 0 Å². The van der Waals surface area contributed by atoms with E-state index in [1.54, 1.807) is 18.2 Å². The summed E-state index contributed by atoms with van der Waals surface area (Å²) in [4.78, 5) is 12.3. The van der Waals surface area contributed by atoms with Crippen LogP contribution in [0.25, 0.3) is 0 Å². The molecule has 0 aliphatic carbocycles. The van der Waals surface area contributed by atoms with Gasteiger partial charge in [-0.2, -0.15) is 0 Å². The zero-order chi connectivity index (χ0) is 24.7. The highest BCUT2D eigenvalue weighted by Crippen LogP contribution is 2.41. The van der Waals surface area contributed by atoms with Gasteiger partial charge in [0.2, 0.25) is 5.75 Å². The van der Waals surface area contributed by atoms with Gasteiger partial charge in [0.05, 0.1) is 28.4 Å². The molecule has 3 aromatic carbocycles. The molecule has 1 unspecified atom stereocenters. The number of aliphatic hydroxyl groups is 1. The summed E-state index contributed by atoms with van der Waals surface area (Å²) < 4.78 is 27.3. The molecule has 180 valence electrons. The number of methoxy groups -OCH3 is 4. The first-order valence-corrected chi connectivity index (χ1v) is 10.5. The van der Waals surface area contributed by atoms with Crippen LogP contribution < -0.4 is 23.7 Å². The van der Waals surface area contributed by atoms with E-state index < -0.39 is 11.6 Å². The number of hydrogen-bond acceptors (Lipinski definition) is 7. The first-order valence-electron chi connectivity index (χ1n) is 10.5. The van der Waals surface area contributed by atoms with Gasteiger partial charge in [0.1, 0.15) is 6.61 Å². The Bertz CT molecular complexity index is 1100. The average molecular weight is 469 g/mol. The molecule has 8 nitrogen and oxygen atoms in total. The maximum absolute atomic E-state index is 12.3. The van der Waals surface area contributed by atoms with E-state index in [2.05, 4.69) is 0 Å². The molecule has 0 fully saturated rings. The van der Waals surface area contributed by atoms with E-state index >= 15 is 0 Å². The Hall–Kier alpha value is -3.91. The number of rotatable bonds is 11. The van der Waals surface area contributed by atoms with Crippen molar-refractivity contribution in [1.82, 2.24) is 0 Å². The molecule has 0 aliphatic heterocycles. The van der Waals surface area contributed by atoms with Crippen LogP contribution >= 0.6 is 0 Å². The van der Waals surface area contributed by atoms with Crippen molar-refractivity contribution in [3.63, 3.8) is 0 Å². The minimum absolute atomic E-state index is 0.137. The second kappa shape index (κ2) is 10.8. The lowest BCUT2D eigenvalue weighted by molar-refractivity contribution is -0.159. The minimum atomic E-state index is -2.26. The smallest absolute Gasteiger partial charge is 0.340 e. The van der Waals surface area contributed by atoms with Crippen LogP contribution in [0.15, 0.2) is 60.7 Å². The van der Waals surface area contributed by atoms with E-state index in [0.29, 0.717) is 34.3 Å². The van der Waals surface area contributed by atoms with Crippen LogP contribution in [0.2, 0.25) is 0 Å². The average Bonchev–Trinajstić information content (AvgIpc) is 2.86. The summed E-state index contributed by atoms with van der Waals surface area (Å²) in [5, 5.41) is 21.3. The largest absolute Gasteiger partial charge is 0.493 e. The summed E-state index contributed by atoms with van der Waals surface area (Å²) >= 11 is 0. The van der Waals surface area contributed by atoms with Gasteiger partial charge in [-0.25, -0.2) is 4.79 Å². The predicted molar refractivity (Wildman–Crippen MR) is 125 cm³/mol. The third-order valence-electron chi connectivity index (χ3n) is 5.42. The highest BCUT2D eigenvalue weighted by atomic mass is 16.5. The fraction of sp³-hybridized carbons (Fsp3) is 0.269. The third kappa shape index (κ3) is 5.18. The number of benzene rings is 3. The van der Waals surface area contributed by atoms with Crippen molar-refractivity contribution in [1.29, 1.82) is 0 Å². The molecule has 0 amide bonds. The fourth-order valence-electron chi connectivity index (χ4n) is 3.62. The maximum atomic E-state index is 12.3. The van der Waals surface area contributed by atoms with Crippen LogP contribution in [0.5, 0.6) is 28.7 Å². The van der Waals surface area contributed by atoms with Gasteiger partial charge in [-0.1, -0.05) is 36.4 Å². The van der Waals surface area contributed by atoms with Crippen LogP contribution in [0, 0.1) is 0 Å². The number of carboxylic acids is 1. The quantitative estimate of drug-likeness (QED) is 0.438. The van der Waals surface area contributed by atoms with Gasteiger partial charge in [-0.15, -0.1) is 0 Å². The van der Waals surface area contributed by atoms with Gasteiger partial charge in [0.15, 0.2) is 28.6 Å². The molecule has 0 heterocycles. The number of hydrogen-bond donors (Lipinski definition) is 2. The van der Waals surface area contributed by atoms with Crippen molar-refractivity contribution >= 4 is 5.97 Å². The zero-order valence-corrected chi connectivity index (χ0v) is 19.5. The van der Waals surface area contributed by atoms with Crippen LogP contribution in [-0.2, 0) is 23.4 Å². The SMILES string of the molecule is COc1ccc(C(O)(Cc2cc(OC)c(OC)c(OC)c2)C(=O)O)cc1OCc1ccccc1. The highest BCUT2D eigenvalue weighted by molar-refractivity contribution is 5.80. The summed E-state index contributed by atoms with van der Waals surface area (Å²) in [7, 11) is 5.89. The normalized spacial score (nSPS) is 12.4. The van der Waals surface area contributed by atoms with Crippen molar-refractivity contribution in [3.8, 4) is 28.7 Å². The molecule has 0 spiro atoms. The van der Waals surface area contributed by atoms with E-state index in [1.807, 2.05) is 30.3 Å². The molecular weight excluding hydrogens is 440 g/mol. The Morgan fingerprint density at radius 1 is 0.765 bits per heavy atom. The van der Waals surface area contributed by atoms with E-state index in [0.717, 1.165) is 5.56 Å². The highest BCUT2D eigenvalue weighted by Gasteiger charge is 2.39. The molecule has 34 heavy (non-hydrogen) atoms. The van der Waals surface area contributed by atoms with Gasteiger partial charge in [0.25, 0.3) is 0 Å². The Morgan fingerprint density at radius 2 is 1.38 bits per heavy atom. The van der Waals surface area contributed by atoms with Gasteiger partial charge in [-0.3, -0.25) is 0 Å². The van der Waals surface area contributed by atoms with E-state index in [-0.39, 0.29) is 18.6 Å². The monoisotopic (exact) mass is 468 g/mol. The number of carboxylic acid groups (broad SMARTS) is 1. The second-order valence-corrected chi connectivity index (χ2v) is 7.52. The Labute approximate surface area is 198 Å². The molecule has 3 rings (SSSR count). The first kappa shape index (κ1) is 24.7. The summed E-state index contributed by atoms with van der Waals surface area (Å²) in [6, 6.07) is 17.3. The van der Waals surface area contributed by atoms with Gasteiger partial charge >= 0.3 is 5.97 Å².